The second-order valence-electron chi connectivity index (χ2n) is 3.69. The van der Waals surface area contributed by atoms with E-state index in [9.17, 15) is 8.42 Å². The molecule has 0 bridgehead atoms. The Morgan fingerprint density at radius 1 is 1.59 bits per heavy atom. The molecule has 0 heterocycles. The Labute approximate surface area is 102 Å². The first-order valence-corrected chi connectivity index (χ1v) is 6.61. The molecule has 1 rings (SSSR count). The molecule has 0 amide bonds. The van der Waals surface area contributed by atoms with Gasteiger partial charge in [0.05, 0.1) is 16.5 Å². The Hall–Kier alpha value is -1.64. The fourth-order valence-electron chi connectivity index (χ4n) is 1.36. The lowest BCUT2D eigenvalue weighted by Crippen LogP contribution is -2.32. The SMILES string of the molecule is C=CCC(C)NS(=O)(=O)c1cccc(C#N)c1. The minimum atomic E-state index is -3.56. The Balaban J connectivity index is 2.97. The van der Waals surface area contributed by atoms with Crippen LogP contribution in [0.15, 0.2) is 41.8 Å². The average molecular weight is 250 g/mol. The Morgan fingerprint density at radius 2 is 2.29 bits per heavy atom. The smallest absolute Gasteiger partial charge is 0.208 e. The van der Waals surface area contributed by atoms with Gasteiger partial charge in [-0.05, 0) is 31.5 Å². The Morgan fingerprint density at radius 3 is 2.88 bits per heavy atom. The van der Waals surface area contributed by atoms with Crippen LogP contribution in [0.3, 0.4) is 0 Å². The first kappa shape index (κ1) is 13.4. The lowest BCUT2D eigenvalue weighted by Gasteiger charge is -2.12. The molecule has 0 radical (unpaired) electrons. The lowest BCUT2D eigenvalue weighted by atomic mass is 10.2. The van der Waals surface area contributed by atoms with E-state index in [1.165, 1.54) is 12.1 Å². The van der Waals surface area contributed by atoms with Crippen molar-refractivity contribution in [3.05, 3.63) is 42.5 Å². The van der Waals surface area contributed by atoms with Gasteiger partial charge in [0.2, 0.25) is 10.0 Å². The summed E-state index contributed by atoms with van der Waals surface area (Å²) in [5.74, 6) is 0. The molecule has 0 aliphatic heterocycles. The molecule has 0 saturated carbocycles. The third-order valence-electron chi connectivity index (χ3n) is 2.15. The highest BCUT2D eigenvalue weighted by atomic mass is 32.2. The molecular formula is C12H14N2O2S. The van der Waals surface area contributed by atoms with Crippen molar-refractivity contribution in [1.29, 1.82) is 5.26 Å². The van der Waals surface area contributed by atoms with Gasteiger partial charge in [-0.2, -0.15) is 5.26 Å². The Kier molecular flexibility index (Phi) is 4.44. The number of nitriles is 1. The second kappa shape index (κ2) is 5.62. The number of nitrogens with one attached hydrogen (secondary N) is 1. The minimum Gasteiger partial charge on any atom is -0.208 e. The highest BCUT2D eigenvalue weighted by Crippen LogP contribution is 2.11. The van der Waals surface area contributed by atoms with E-state index < -0.39 is 10.0 Å². The largest absolute Gasteiger partial charge is 0.240 e. The number of hydrogen-bond acceptors (Lipinski definition) is 3. The monoisotopic (exact) mass is 250 g/mol. The Bertz CT molecular complexity index is 544. The van der Waals surface area contributed by atoms with Crippen LogP contribution in [0.1, 0.15) is 18.9 Å². The highest BCUT2D eigenvalue weighted by molar-refractivity contribution is 7.89. The summed E-state index contributed by atoms with van der Waals surface area (Å²) >= 11 is 0. The van der Waals surface area contributed by atoms with Crippen molar-refractivity contribution in [1.82, 2.24) is 4.72 Å². The van der Waals surface area contributed by atoms with Gasteiger partial charge >= 0.3 is 0 Å². The van der Waals surface area contributed by atoms with Crippen LogP contribution in [0, 0.1) is 11.3 Å². The minimum absolute atomic E-state index is 0.104. The van der Waals surface area contributed by atoms with E-state index in [0.29, 0.717) is 12.0 Å². The molecule has 5 heteroatoms. The lowest BCUT2D eigenvalue weighted by molar-refractivity contribution is 0.562. The molecule has 0 aliphatic rings. The van der Waals surface area contributed by atoms with Crippen LogP contribution < -0.4 is 4.72 Å². The topological polar surface area (TPSA) is 70.0 Å². The van der Waals surface area contributed by atoms with Gasteiger partial charge in [-0.25, -0.2) is 13.1 Å². The maximum atomic E-state index is 11.9. The van der Waals surface area contributed by atoms with Crippen LogP contribution in [0.25, 0.3) is 0 Å². The molecule has 17 heavy (non-hydrogen) atoms. The van der Waals surface area contributed by atoms with Crippen molar-refractivity contribution < 1.29 is 8.42 Å². The number of nitrogens with zero attached hydrogens (tertiary/aromatic N) is 1. The van der Waals surface area contributed by atoms with Crippen LogP contribution in [0.5, 0.6) is 0 Å². The summed E-state index contributed by atoms with van der Waals surface area (Å²) in [7, 11) is -3.56. The maximum Gasteiger partial charge on any atom is 0.240 e. The van der Waals surface area contributed by atoms with Gasteiger partial charge in [0, 0.05) is 6.04 Å². The van der Waals surface area contributed by atoms with Gasteiger partial charge in [0.1, 0.15) is 0 Å². The van der Waals surface area contributed by atoms with E-state index >= 15 is 0 Å². The molecule has 0 fully saturated rings. The quantitative estimate of drug-likeness (QED) is 0.810. The fraction of sp³-hybridized carbons (Fsp3) is 0.250. The zero-order valence-electron chi connectivity index (χ0n) is 9.55. The third-order valence-corrected chi connectivity index (χ3v) is 3.74. The van der Waals surface area contributed by atoms with Crippen LogP contribution in [0.2, 0.25) is 0 Å². The zero-order valence-corrected chi connectivity index (χ0v) is 10.4. The van der Waals surface area contributed by atoms with Crippen molar-refractivity contribution in [3.63, 3.8) is 0 Å². The summed E-state index contributed by atoms with van der Waals surface area (Å²) in [4.78, 5) is 0.104. The molecule has 0 spiro atoms. The number of hydrogen-bond donors (Lipinski definition) is 1. The normalized spacial score (nSPS) is 12.7. The van der Waals surface area contributed by atoms with Crippen molar-refractivity contribution in [2.45, 2.75) is 24.3 Å². The molecule has 1 aromatic rings. The van der Waals surface area contributed by atoms with E-state index in [-0.39, 0.29) is 10.9 Å². The average Bonchev–Trinajstić information content (AvgIpc) is 2.28. The van der Waals surface area contributed by atoms with Gasteiger partial charge in [-0.15, -0.1) is 6.58 Å². The van der Waals surface area contributed by atoms with E-state index in [0.717, 1.165) is 0 Å². The van der Waals surface area contributed by atoms with Gasteiger partial charge in [-0.3, -0.25) is 0 Å². The molecule has 1 N–H and O–H groups in total. The summed E-state index contributed by atoms with van der Waals surface area (Å²) in [6.45, 7) is 5.31. The van der Waals surface area contributed by atoms with Crippen LogP contribution in [0.4, 0.5) is 0 Å². The van der Waals surface area contributed by atoms with E-state index in [1.54, 1.807) is 25.1 Å². The molecule has 1 unspecified atom stereocenters. The zero-order chi connectivity index (χ0) is 12.9. The molecule has 0 aromatic heterocycles. The van der Waals surface area contributed by atoms with Gasteiger partial charge in [0.15, 0.2) is 0 Å². The number of sulfonamides is 1. The van der Waals surface area contributed by atoms with Gasteiger partial charge in [0.25, 0.3) is 0 Å². The standard InChI is InChI=1S/C12H14N2O2S/c1-3-5-10(2)14-17(15,16)12-7-4-6-11(8-12)9-13/h3-4,6-8,10,14H,1,5H2,2H3. The molecule has 1 atom stereocenters. The first-order chi connectivity index (χ1) is 7.99. The first-order valence-electron chi connectivity index (χ1n) is 5.13. The summed E-state index contributed by atoms with van der Waals surface area (Å²) in [6.07, 6.45) is 2.20. The molecular weight excluding hydrogens is 236 g/mol. The summed E-state index contributed by atoms with van der Waals surface area (Å²) in [6, 6.07) is 7.61. The van der Waals surface area contributed by atoms with Gasteiger partial charge in [-0.1, -0.05) is 12.1 Å². The fourth-order valence-corrected chi connectivity index (χ4v) is 2.67. The van der Waals surface area contributed by atoms with Crippen molar-refractivity contribution in [2.24, 2.45) is 0 Å². The van der Waals surface area contributed by atoms with Crippen molar-refractivity contribution >= 4 is 10.0 Å². The van der Waals surface area contributed by atoms with Gasteiger partial charge < -0.3 is 0 Å². The van der Waals surface area contributed by atoms with Crippen molar-refractivity contribution in [3.8, 4) is 6.07 Å². The van der Waals surface area contributed by atoms with Crippen LogP contribution in [-0.2, 0) is 10.0 Å². The summed E-state index contributed by atoms with van der Waals surface area (Å²) < 4.78 is 26.4. The highest BCUT2D eigenvalue weighted by Gasteiger charge is 2.16. The van der Waals surface area contributed by atoms with E-state index in [4.69, 9.17) is 5.26 Å². The van der Waals surface area contributed by atoms with E-state index in [1.807, 2.05) is 6.07 Å². The number of benzene rings is 1. The summed E-state index contributed by atoms with van der Waals surface area (Å²) in [5.41, 5.74) is 0.323. The van der Waals surface area contributed by atoms with Crippen molar-refractivity contribution in [2.75, 3.05) is 0 Å². The summed E-state index contributed by atoms with van der Waals surface area (Å²) in [5, 5.41) is 8.72. The maximum absolute atomic E-state index is 11.9. The molecule has 90 valence electrons. The number of rotatable bonds is 5. The second-order valence-corrected chi connectivity index (χ2v) is 5.40. The molecule has 0 saturated heterocycles. The third kappa shape index (κ3) is 3.70. The van der Waals surface area contributed by atoms with Crippen LogP contribution >= 0.6 is 0 Å². The molecule has 1 aromatic carbocycles. The molecule has 4 nitrogen and oxygen atoms in total. The predicted molar refractivity (Wildman–Crippen MR) is 65.8 cm³/mol. The predicted octanol–water partition coefficient (Wildman–Crippen LogP) is 1.80. The molecule has 0 aliphatic carbocycles. The van der Waals surface area contributed by atoms with E-state index in [2.05, 4.69) is 11.3 Å². The van der Waals surface area contributed by atoms with Crippen LogP contribution in [-0.4, -0.2) is 14.5 Å².